The van der Waals surface area contributed by atoms with E-state index in [1.54, 1.807) is 13.8 Å². The lowest BCUT2D eigenvalue weighted by Gasteiger charge is -2.21. The lowest BCUT2D eigenvalue weighted by molar-refractivity contribution is -0.124. The lowest BCUT2D eigenvalue weighted by atomic mass is 9.88. The second kappa shape index (κ2) is 7.29. The minimum absolute atomic E-state index is 0.164. The summed E-state index contributed by atoms with van der Waals surface area (Å²) in [7, 11) is 0. The Labute approximate surface area is 176 Å². The molecule has 154 valence electrons. The number of nitrogens with zero attached hydrogens (tertiary/aromatic N) is 4. The molecular weight excluding hydrogens is 399 g/mol. The van der Waals surface area contributed by atoms with Gasteiger partial charge in [-0.2, -0.15) is 10.5 Å². The van der Waals surface area contributed by atoms with Crippen LogP contribution in [0.3, 0.4) is 0 Å². The Morgan fingerprint density at radius 3 is 2.52 bits per heavy atom. The minimum Gasteiger partial charge on any atom is -0.346 e. The molecule has 0 aliphatic heterocycles. The minimum atomic E-state index is -1.06. The van der Waals surface area contributed by atoms with Crippen LogP contribution in [0.1, 0.15) is 53.9 Å². The fourth-order valence-electron chi connectivity index (χ4n) is 3.97. The predicted molar refractivity (Wildman–Crippen MR) is 108 cm³/mol. The van der Waals surface area contributed by atoms with Crippen molar-refractivity contribution in [3.05, 3.63) is 68.8 Å². The Morgan fingerprint density at radius 2 is 1.94 bits per heavy atom. The topological polar surface area (TPSA) is 135 Å². The summed E-state index contributed by atoms with van der Waals surface area (Å²) in [5, 5.41) is 21.4. The molecule has 0 radical (unpaired) electrons. The quantitative estimate of drug-likeness (QED) is 0.670. The molecule has 1 saturated carbocycles. The number of amides is 1. The molecule has 1 atom stereocenters. The molecule has 3 aromatic rings. The van der Waals surface area contributed by atoms with Gasteiger partial charge in [0.15, 0.2) is 0 Å². The van der Waals surface area contributed by atoms with Gasteiger partial charge in [-0.1, -0.05) is 0 Å². The highest BCUT2D eigenvalue weighted by atomic mass is 19.1. The van der Waals surface area contributed by atoms with Gasteiger partial charge in [0.05, 0.1) is 28.1 Å². The Hall–Kier alpha value is -4.11. The molecule has 31 heavy (non-hydrogen) atoms. The van der Waals surface area contributed by atoms with Crippen molar-refractivity contribution in [3.8, 4) is 12.1 Å². The van der Waals surface area contributed by atoms with Crippen LogP contribution in [0.2, 0.25) is 0 Å². The number of fused-ring (bicyclic) bond motifs is 1. The number of hydrogen-bond donors (Lipinski definition) is 2. The summed E-state index contributed by atoms with van der Waals surface area (Å²) < 4.78 is 14.2. The molecule has 2 aromatic heterocycles. The normalized spacial score (nSPS) is 15.0. The van der Waals surface area contributed by atoms with Crippen molar-refractivity contribution >= 4 is 16.8 Å². The molecule has 0 bridgehead atoms. The maximum Gasteiger partial charge on any atom is 0.252 e. The van der Waals surface area contributed by atoms with Gasteiger partial charge in [-0.05, 0) is 44.4 Å². The SMILES string of the molecule is Cc1c(C2(C(=O)N[C@@H](C)c3ncc(C#N)cn3)CC2)c(=O)[nH]c2ccc(F)c(C#N)c12. The molecule has 0 saturated heterocycles. The van der Waals surface area contributed by atoms with Crippen LogP contribution < -0.4 is 10.9 Å². The number of carbonyl (C=O) groups is 1. The molecule has 1 fully saturated rings. The third kappa shape index (κ3) is 3.21. The molecule has 4 rings (SSSR count). The zero-order valence-corrected chi connectivity index (χ0v) is 16.8. The number of aromatic nitrogens is 3. The average Bonchev–Trinajstić information content (AvgIpc) is 3.56. The Morgan fingerprint density at radius 1 is 1.26 bits per heavy atom. The van der Waals surface area contributed by atoms with Crippen LogP contribution in [0.4, 0.5) is 4.39 Å². The van der Waals surface area contributed by atoms with Crippen LogP contribution >= 0.6 is 0 Å². The first-order chi connectivity index (χ1) is 14.8. The number of nitriles is 2. The van der Waals surface area contributed by atoms with E-state index >= 15 is 0 Å². The van der Waals surface area contributed by atoms with Crippen molar-refractivity contribution < 1.29 is 9.18 Å². The average molecular weight is 416 g/mol. The van der Waals surface area contributed by atoms with Crippen molar-refractivity contribution in [2.24, 2.45) is 0 Å². The lowest BCUT2D eigenvalue weighted by Crippen LogP contribution is -2.40. The largest absolute Gasteiger partial charge is 0.346 e. The summed E-state index contributed by atoms with van der Waals surface area (Å²) in [5.41, 5.74) is -0.346. The van der Waals surface area contributed by atoms with E-state index in [4.69, 9.17) is 5.26 Å². The van der Waals surface area contributed by atoms with E-state index in [9.17, 15) is 19.2 Å². The summed E-state index contributed by atoms with van der Waals surface area (Å²) in [4.78, 5) is 36.9. The number of halogens is 1. The molecule has 1 amide bonds. The monoisotopic (exact) mass is 416 g/mol. The Bertz CT molecular complexity index is 1360. The molecule has 0 unspecified atom stereocenters. The number of benzene rings is 1. The molecule has 2 heterocycles. The van der Waals surface area contributed by atoms with Gasteiger partial charge in [0.25, 0.3) is 5.56 Å². The summed E-state index contributed by atoms with van der Waals surface area (Å²) in [6.07, 6.45) is 3.64. The highest BCUT2D eigenvalue weighted by Gasteiger charge is 2.54. The van der Waals surface area contributed by atoms with Gasteiger partial charge in [0.2, 0.25) is 5.91 Å². The van der Waals surface area contributed by atoms with E-state index in [2.05, 4.69) is 20.3 Å². The summed E-state index contributed by atoms with van der Waals surface area (Å²) in [6, 6.07) is 5.78. The van der Waals surface area contributed by atoms with Gasteiger partial charge in [-0.3, -0.25) is 9.59 Å². The highest BCUT2D eigenvalue weighted by Crippen LogP contribution is 2.49. The second-order valence-electron chi connectivity index (χ2n) is 7.63. The second-order valence-corrected chi connectivity index (χ2v) is 7.63. The molecule has 8 nitrogen and oxygen atoms in total. The first-order valence-electron chi connectivity index (χ1n) is 9.61. The van der Waals surface area contributed by atoms with Gasteiger partial charge in [-0.15, -0.1) is 0 Å². The summed E-state index contributed by atoms with van der Waals surface area (Å²) in [5.74, 6) is -0.714. The number of aryl methyl sites for hydroxylation is 1. The van der Waals surface area contributed by atoms with E-state index < -0.39 is 22.8 Å². The van der Waals surface area contributed by atoms with Gasteiger partial charge < -0.3 is 10.3 Å². The third-order valence-electron chi connectivity index (χ3n) is 5.69. The van der Waals surface area contributed by atoms with Crippen LogP contribution in [0.25, 0.3) is 10.9 Å². The van der Waals surface area contributed by atoms with Crippen molar-refractivity contribution in [2.75, 3.05) is 0 Å². The van der Waals surface area contributed by atoms with Crippen LogP contribution in [0.5, 0.6) is 0 Å². The zero-order valence-electron chi connectivity index (χ0n) is 16.8. The summed E-state index contributed by atoms with van der Waals surface area (Å²) in [6.45, 7) is 3.34. The maximum atomic E-state index is 14.2. The number of nitrogens with one attached hydrogen (secondary N) is 2. The maximum absolute atomic E-state index is 14.2. The van der Waals surface area contributed by atoms with E-state index in [-0.39, 0.29) is 17.0 Å². The van der Waals surface area contributed by atoms with Gasteiger partial charge >= 0.3 is 0 Å². The fourth-order valence-corrected chi connectivity index (χ4v) is 3.97. The Balaban J connectivity index is 1.73. The zero-order chi connectivity index (χ0) is 22.3. The number of carbonyl (C=O) groups excluding carboxylic acids is 1. The highest BCUT2D eigenvalue weighted by molar-refractivity contribution is 5.95. The third-order valence-corrected chi connectivity index (χ3v) is 5.69. The van der Waals surface area contributed by atoms with E-state index in [1.165, 1.54) is 18.5 Å². The predicted octanol–water partition coefficient (Wildman–Crippen LogP) is 2.42. The number of pyridine rings is 1. The van der Waals surface area contributed by atoms with Crippen molar-refractivity contribution in [2.45, 2.75) is 38.1 Å². The molecule has 1 aromatic carbocycles. The van der Waals surface area contributed by atoms with Crippen LogP contribution in [-0.4, -0.2) is 20.9 Å². The van der Waals surface area contributed by atoms with Gasteiger partial charge in [-0.25, -0.2) is 14.4 Å². The molecule has 9 heteroatoms. The molecule has 2 N–H and O–H groups in total. The van der Waals surface area contributed by atoms with Crippen LogP contribution in [-0.2, 0) is 10.2 Å². The fraction of sp³-hybridized carbons (Fsp3) is 0.273. The first-order valence-corrected chi connectivity index (χ1v) is 9.61. The van der Waals surface area contributed by atoms with Crippen molar-refractivity contribution in [1.29, 1.82) is 10.5 Å². The van der Waals surface area contributed by atoms with Crippen LogP contribution in [0.15, 0.2) is 29.3 Å². The molecule has 0 spiro atoms. The Kier molecular flexibility index (Phi) is 4.75. The van der Waals surface area contributed by atoms with Crippen molar-refractivity contribution in [3.63, 3.8) is 0 Å². The van der Waals surface area contributed by atoms with Gasteiger partial charge in [0, 0.05) is 23.3 Å². The van der Waals surface area contributed by atoms with E-state index in [0.717, 1.165) is 6.07 Å². The summed E-state index contributed by atoms with van der Waals surface area (Å²) >= 11 is 0. The van der Waals surface area contributed by atoms with Crippen molar-refractivity contribution in [1.82, 2.24) is 20.3 Å². The first kappa shape index (κ1) is 20.2. The molecule has 1 aliphatic carbocycles. The number of H-pyrrole nitrogens is 1. The van der Waals surface area contributed by atoms with E-state index in [1.807, 2.05) is 12.1 Å². The molecule has 1 aliphatic rings. The van der Waals surface area contributed by atoms with Crippen LogP contribution in [0, 0.1) is 35.4 Å². The van der Waals surface area contributed by atoms with E-state index in [0.29, 0.717) is 40.7 Å². The standard InChI is InChI=1S/C22H17FN6O2/c1-11-17-14(8-25)15(23)3-4-16(17)29-20(30)18(11)22(5-6-22)21(31)28-12(2)19-26-9-13(7-24)10-27-19/h3-4,9-10,12H,5-6H2,1-2H3,(H,28,31)(H,29,30)/t12-/m0/s1. The number of hydrogen-bond acceptors (Lipinski definition) is 6. The number of aromatic amines is 1. The number of rotatable bonds is 4. The smallest absolute Gasteiger partial charge is 0.252 e. The molecular formula is C22H17FN6O2. The van der Waals surface area contributed by atoms with Gasteiger partial charge in [0.1, 0.15) is 23.8 Å².